The van der Waals surface area contributed by atoms with E-state index in [1.807, 2.05) is 30.0 Å². The highest BCUT2D eigenvalue weighted by Gasteiger charge is 2.49. The second-order valence-electron chi connectivity index (χ2n) is 12.8. The largest absolute Gasteiger partial charge is 0.311 e. The molecule has 0 saturated carbocycles. The second kappa shape index (κ2) is 8.72. The van der Waals surface area contributed by atoms with Crippen molar-refractivity contribution in [3.63, 3.8) is 0 Å². The average molecular weight is 592 g/mol. The molecule has 6 aromatic carbocycles. The number of para-hydroxylation sites is 4. The highest BCUT2D eigenvalue weighted by atomic mass is 32.2. The predicted octanol–water partition coefficient (Wildman–Crippen LogP) is 8.41. The maximum absolute atomic E-state index is 10.2. The Morgan fingerprint density at radius 3 is 2.07 bits per heavy atom. The van der Waals surface area contributed by atoms with E-state index < -0.39 is 0 Å². The summed E-state index contributed by atoms with van der Waals surface area (Å²) < 4.78 is 0. The fourth-order valence-electron chi connectivity index (χ4n) is 8.33. The Morgan fingerprint density at radius 2 is 1.24 bits per heavy atom. The first-order valence-electron chi connectivity index (χ1n) is 15.5. The Bertz CT molecular complexity index is 2330. The summed E-state index contributed by atoms with van der Waals surface area (Å²) in [6.07, 6.45) is 0. The predicted molar refractivity (Wildman–Crippen MR) is 187 cm³/mol. The lowest BCUT2D eigenvalue weighted by molar-refractivity contribution is 0.632. The van der Waals surface area contributed by atoms with Crippen LogP contribution in [-0.2, 0) is 5.41 Å². The lowest BCUT2D eigenvalue weighted by Gasteiger charge is -2.50. The number of rotatable bonds is 1. The number of anilines is 6. The lowest BCUT2D eigenvalue weighted by atomic mass is 9.33. The maximum Gasteiger partial charge on any atom is 0.252 e. The van der Waals surface area contributed by atoms with Crippen LogP contribution in [0.3, 0.4) is 0 Å². The molecule has 0 aromatic heterocycles. The van der Waals surface area contributed by atoms with Gasteiger partial charge in [-0.3, -0.25) is 0 Å². The monoisotopic (exact) mass is 591 g/mol. The molecule has 0 bridgehead atoms. The molecule has 5 heteroatoms. The SMILES string of the molecule is CC1(C)c2ccccc2N2c3cc(-c4ccccc4C#N)cc4c3B(c3cccc5c3N4c3ccccc3S5)c3cccc1c32. The molecular formula is C40H26BN3S. The van der Waals surface area contributed by atoms with Gasteiger partial charge in [-0.2, -0.15) is 5.26 Å². The first-order chi connectivity index (χ1) is 22.1. The van der Waals surface area contributed by atoms with Crippen molar-refractivity contribution < 1.29 is 0 Å². The lowest BCUT2D eigenvalue weighted by Crippen LogP contribution is -2.62. The van der Waals surface area contributed by atoms with Crippen molar-refractivity contribution in [3.05, 3.63) is 138 Å². The highest BCUT2D eigenvalue weighted by Crippen LogP contribution is 2.57. The van der Waals surface area contributed by atoms with Crippen LogP contribution in [0.1, 0.15) is 30.5 Å². The smallest absolute Gasteiger partial charge is 0.252 e. The molecular weight excluding hydrogens is 565 g/mol. The molecule has 4 aliphatic heterocycles. The summed E-state index contributed by atoms with van der Waals surface area (Å²) >= 11 is 1.86. The Balaban J connectivity index is 1.39. The molecule has 0 saturated heterocycles. The zero-order valence-electron chi connectivity index (χ0n) is 24.9. The summed E-state index contributed by atoms with van der Waals surface area (Å²) in [5.41, 5.74) is 16.6. The van der Waals surface area contributed by atoms with Crippen LogP contribution in [0.25, 0.3) is 11.1 Å². The van der Waals surface area contributed by atoms with E-state index in [0.717, 1.165) is 11.1 Å². The molecule has 0 atom stereocenters. The summed E-state index contributed by atoms with van der Waals surface area (Å²) in [5.74, 6) is 0. The maximum atomic E-state index is 10.2. The van der Waals surface area contributed by atoms with Gasteiger partial charge in [-0.05, 0) is 81.1 Å². The molecule has 0 radical (unpaired) electrons. The fourth-order valence-corrected chi connectivity index (χ4v) is 9.43. The van der Waals surface area contributed by atoms with Gasteiger partial charge in [0.15, 0.2) is 0 Å². The molecule has 4 heterocycles. The third-order valence-electron chi connectivity index (χ3n) is 10.2. The molecule has 10 rings (SSSR count). The molecule has 4 aliphatic rings. The van der Waals surface area contributed by atoms with Crippen molar-refractivity contribution in [3.8, 4) is 17.2 Å². The molecule has 3 nitrogen and oxygen atoms in total. The summed E-state index contributed by atoms with van der Waals surface area (Å²) in [4.78, 5) is 7.55. The van der Waals surface area contributed by atoms with Crippen molar-refractivity contribution in [2.24, 2.45) is 0 Å². The van der Waals surface area contributed by atoms with E-state index in [1.54, 1.807) is 0 Å². The molecule has 0 unspecified atom stereocenters. The van der Waals surface area contributed by atoms with Crippen LogP contribution < -0.4 is 26.2 Å². The third-order valence-corrected chi connectivity index (χ3v) is 11.4. The van der Waals surface area contributed by atoms with Crippen molar-refractivity contribution in [2.45, 2.75) is 29.1 Å². The van der Waals surface area contributed by atoms with E-state index in [0.29, 0.717) is 5.56 Å². The van der Waals surface area contributed by atoms with Gasteiger partial charge in [0.05, 0.1) is 28.7 Å². The van der Waals surface area contributed by atoms with E-state index in [4.69, 9.17) is 0 Å². The molecule has 0 aliphatic carbocycles. The fraction of sp³-hybridized carbons (Fsp3) is 0.0750. The van der Waals surface area contributed by atoms with Crippen LogP contribution in [0.15, 0.2) is 131 Å². The van der Waals surface area contributed by atoms with E-state index in [1.165, 1.54) is 71.4 Å². The zero-order valence-corrected chi connectivity index (χ0v) is 25.7. The van der Waals surface area contributed by atoms with Crippen LogP contribution in [0, 0.1) is 11.3 Å². The first-order valence-corrected chi connectivity index (χ1v) is 16.3. The van der Waals surface area contributed by atoms with Gasteiger partial charge >= 0.3 is 0 Å². The van der Waals surface area contributed by atoms with Crippen molar-refractivity contribution in [1.82, 2.24) is 0 Å². The van der Waals surface area contributed by atoms with Crippen molar-refractivity contribution in [2.75, 3.05) is 9.80 Å². The second-order valence-corrected chi connectivity index (χ2v) is 13.9. The summed E-state index contributed by atoms with van der Waals surface area (Å²) in [7, 11) is 0. The Labute approximate surface area is 267 Å². The number of hydrogen-bond donors (Lipinski definition) is 0. The Morgan fingerprint density at radius 1 is 0.622 bits per heavy atom. The van der Waals surface area contributed by atoms with E-state index in [9.17, 15) is 5.26 Å². The highest BCUT2D eigenvalue weighted by molar-refractivity contribution is 7.99. The average Bonchev–Trinajstić information content (AvgIpc) is 3.08. The van der Waals surface area contributed by atoms with Crippen LogP contribution in [0.4, 0.5) is 34.1 Å². The molecule has 0 fully saturated rings. The van der Waals surface area contributed by atoms with Crippen molar-refractivity contribution >= 4 is 69.0 Å². The van der Waals surface area contributed by atoms with Gasteiger partial charge in [-0.1, -0.05) is 104 Å². The van der Waals surface area contributed by atoms with Crippen LogP contribution in [0.2, 0.25) is 0 Å². The van der Waals surface area contributed by atoms with Crippen molar-refractivity contribution in [1.29, 1.82) is 5.26 Å². The normalized spacial score (nSPS) is 15.3. The number of benzene rings is 6. The minimum Gasteiger partial charge on any atom is -0.311 e. The van der Waals surface area contributed by atoms with Gasteiger partial charge in [0, 0.05) is 32.3 Å². The number of hydrogen-bond acceptors (Lipinski definition) is 4. The molecule has 0 amide bonds. The summed E-state index contributed by atoms with van der Waals surface area (Å²) in [5, 5.41) is 10.2. The van der Waals surface area contributed by atoms with Crippen LogP contribution in [-0.4, -0.2) is 6.71 Å². The minimum atomic E-state index is -0.157. The zero-order chi connectivity index (χ0) is 30.0. The molecule has 210 valence electrons. The topological polar surface area (TPSA) is 30.3 Å². The van der Waals surface area contributed by atoms with Crippen LogP contribution in [0.5, 0.6) is 0 Å². The van der Waals surface area contributed by atoms with Crippen LogP contribution >= 0.6 is 11.8 Å². The van der Waals surface area contributed by atoms with Gasteiger partial charge in [0.2, 0.25) is 0 Å². The number of fused-ring (bicyclic) bond motifs is 8. The van der Waals surface area contributed by atoms with Gasteiger partial charge in [0.25, 0.3) is 6.71 Å². The van der Waals surface area contributed by atoms with E-state index in [-0.39, 0.29) is 12.1 Å². The summed E-state index contributed by atoms with van der Waals surface area (Å²) in [6.45, 7) is 4.80. The first kappa shape index (κ1) is 25.2. The van der Waals surface area contributed by atoms with Gasteiger partial charge < -0.3 is 9.80 Å². The number of nitrogens with zero attached hydrogens (tertiary/aromatic N) is 3. The quantitative estimate of drug-likeness (QED) is 0.179. The van der Waals surface area contributed by atoms with Gasteiger partial charge in [0.1, 0.15) is 0 Å². The third kappa shape index (κ3) is 3.12. The minimum absolute atomic E-state index is 0.0829. The Kier molecular flexibility index (Phi) is 4.88. The summed E-state index contributed by atoms with van der Waals surface area (Å²) in [6, 6.07) is 46.6. The molecule has 45 heavy (non-hydrogen) atoms. The molecule has 0 spiro atoms. The number of nitriles is 1. The Hall–Kier alpha value is -5.18. The molecule has 6 aromatic rings. The van der Waals surface area contributed by atoms with Gasteiger partial charge in [-0.25, -0.2) is 0 Å². The van der Waals surface area contributed by atoms with E-state index in [2.05, 4.69) is 133 Å². The molecule has 0 N–H and O–H groups in total. The van der Waals surface area contributed by atoms with Gasteiger partial charge in [-0.15, -0.1) is 0 Å². The van der Waals surface area contributed by atoms with E-state index >= 15 is 0 Å². The standard InChI is InChI=1S/C40H26BN3S/c1-40(2)27-13-5-6-17-31(27)43-33-21-25(26-12-4-3-11-24(26)23-42)22-34-37(33)41(29-15-9-14-28(40)38(29)43)30-16-10-20-36-39(30)44(34)32-18-7-8-19-35(32)45-36/h3-22H,1-2H3.